The summed E-state index contributed by atoms with van der Waals surface area (Å²) in [5, 5.41) is 3.21. The Morgan fingerprint density at radius 1 is 1.18 bits per heavy atom. The summed E-state index contributed by atoms with van der Waals surface area (Å²) in [7, 11) is 1.67. The topological polar surface area (TPSA) is 57.0 Å². The van der Waals surface area contributed by atoms with Crippen molar-refractivity contribution >= 4 is 46.2 Å². The van der Waals surface area contributed by atoms with Crippen LogP contribution in [-0.2, 0) is 16.0 Å². The first-order valence-electron chi connectivity index (χ1n) is 11.6. The van der Waals surface area contributed by atoms with Crippen molar-refractivity contribution in [3.8, 4) is 0 Å². The van der Waals surface area contributed by atoms with Crippen LogP contribution < -0.4 is 15.1 Å². The van der Waals surface area contributed by atoms with Crippen molar-refractivity contribution in [3.05, 3.63) is 65.0 Å². The summed E-state index contributed by atoms with van der Waals surface area (Å²) in [5.41, 5.74) is 3.09. The van der Waals surface area contributed by atoms with Crippen molar-refractivity contribution in [2.45, 2.75) is 58.4 Å². The molecule has 0 aromatic heterocycles. The predicted octanol–water partition coefficient (Wildman–Crippen LogP) is 5.31. The molecule has 2 fully saturated rings. The zero-order valence-electron chi connectivity index (χ0n) is 20.1. The lowest BCUT2D eigenvalue weighted by molar-refractivity contribution is -0.129. The Bertz CT molecular complexity index is 1190. The molecule has 0 atom stereocenters. The Labute approximate surface area is 206 Å². The van der Waals surface area contributed by atoms with E-state index in [1.54, 1.807) is 24.1 Å². The van der Waals surface area contributed by atoms with Gasteiger partial charge in [-0.1, -0.05) is 32.0 Å². The summed E-state index contributed by atoms with van der Waals surface area (Å²) in [5.74, 6) is 0.0480. The number of nitrogens with zero attached hydrogens (tertiary/aromatic N) is 3. The maximum Gasteiger partial charge on any atom is 0.259 e. The van der Waals surface area contributed by atoms with Gasteiger partial charge >= 0.3 is 0 Å². The number of nitrogens with one attached hydrogen (secondary N) is 1. The summed E-state index contributed by atoms with van der Waals surface area (Å²) in [6, 6.07) is 13.6. The molecule has 6 nitrogen and oxygen atoms in total. The van der Waals surface area contributed by atoms with E-state index in [4.69, 9.17) is 18.8 Å². The van der Waals surface area contributed by atoms with E-state index < -0.39 is 11.0 Å². The van der Waals surface area contributed by atoms with Gasteiger partial charge in [-0.2, -0.15) is 0 Å². The van der Waals surface area contributed by atoms with Crippen LogP contribution in [0.4, 0.5) is 17.1 Å². The molecule has 1 aliphatic carbocycles. The van der Waals surface area contributed by atoms with Gasteiger partial charge in [-0.15, -0.1) is 0 Å². The Morgan fingerprint density at radius 2 is 1.82 bits per heavy atom. The maximum atomic E-state index is 13.6. The molecule has 2 aliphatic rings. The Hall–Kier alpha value is -3.24. The summed E-state index contributed by atoms with van der Waals surface area (Å²) in [4.78, 5) is 32.9. The van der Waals surface area contributed by atoms with Crippen LogP contribution in [0.3, 0.4) is 0 Å². The molecule has 7 heteroatoms. The van der Waals surface area contributed by atoms with Crippen LogP contribution in [0.1, 0.15) is 50.7 Å². The third-order valence-electron chi connectivity index (χ3n) is 7.23. The molecule has 4 rings (SSSR count). The van der Waals surface area contributed by atoms with Gasteiger partial charge < -0.3 is 10.2 Å². The number of anilines is 2. The lowest BCUT2D eigenvalue weighted by Crippen LogP contribution is -2.55. The summed E-state index contributed by atoms with van der Waals surface area (Å²) in [6.07, 6.45) is 4.05. The molecular formula is C27H30N4O2S. The molecule has 2 amide bonds. The average molecular weight is 475 g/mol. The fourth-order valence-electron chi connectivity index (χ4n) is 4.83. The zero-order valence-corrected chi connectivity index (χ0v) is 21.0. The molecule has 1 aliphatic heterocycles. The molecular weight excluding hydrogens is 444 g/mol. The number of carbonyl (C=O) groups excluding carboxylic acids is 2. The number of aryl methyl sites for hydroxylation is 2. The van der Waals surface area contributed by atoms with Crippen LogP contribution in [0.2, 0.25) is 0 Å². The molecule has 0 radical (unpaired) electrons. The number of rotatable bonds is 6. The van der Waals surface area contributed by atoms with Crippen LogP contribution in [0.15, 0.2) is 42.5 Å². The Kier molecular flexibility index (Phi) is 6.22. The molecule has 1 N–H and O–H groups in total. The van der Waals surface area contributed by atoms with Crippen molar-refractivity contribution in [2.24, 2.45) is 5.41 Å². The van der Waals surface area contributed by atoms with Gasteiger partial charge in [0.2, 0.25) is 5.91 Å². The fourth-order valence-corrected chi connectivity index (χ4v) is 5.30. The second-order valence-corrected chi connectivity index (χ2v) is 10.2. The second kappa shape index (κ2) is 8.84. The molecule has 0 unspecified atom stereocenters. The van der Waals surface area contributed by atoms with Gasteiger partial charge in [-0.05, 0) is 86.6 Å². The fraction of sp³-hybridized carbons (Fsp3) is 0.407. The van der Waals surface area contributed by atoms with Gasteiger partial charge in [-0.3, -0.25) is 14.5 Å². The van der Waals surface area contributed by atoms with E-state index in [1.165, 1.54) is 0 Å². The van der Waals surface area contributed by atoms with Crippen LogP contribution in [0.5, 0.6) is 0 Å². The number of amides is 2. The van der Waals surface area contributed by atoms with E-state index in [2.05, 4.69) is 22.3 Å². The first kappa shape index (κ1) is 23.9. The highest BCUT2D eigenvalue weighted by molar-refractivity contribution is 7.81. The quantitative estimate of drug-likeness (QED) is 0.455. The van der Waals surface area contributed by atoms with E-state index in [1.807, 2.05) is 43.9 Å². The van der Waals surface area contributed by atoms with Crippen molar-refractivity contribution < 1.29 is 9.59 Å². The summed E-state index contributed by atoms with van der Waals surface area (Å²) >= 11 is 5.86. The first-order valence-corrected chi connectivity index (χ1v) is 12.0. The predicted molar refractivity (Wildman–Crippen MR) is 139 cm³/mol. The van der Waals surface area contributed by atoms with Gasteiger partial charge in [0.15, 0.2) is 10.8 Å². The molecule has 176 valence electrons. The third-order valence-corrected chi connectivity index (χ3v) is 7.59. The third kappa shape index (κ3) is 3.86. The van der Waals surface area contributed by atoms with Crippen molar-refractivity contribution in [1.29, 1.82) is 0 Å². The van der Waals surface area contributed by atoms with Crippen molar-refractivity contribution in [3.63, 3.8) is 0 Å². The van der Waals surface area contributed by atoms with E-state index in [0.29, 0.717) is 16.5 Å². The monoisotopic (exact) mass is 474 g/mol. The largest absolute Gasteiger partial charge is 0.359 e. The van der Waals surface area contributed by atoms with Gasteiger partial charge in [-0.25, -0.2) is 4.85 Å². The number of benzene rings is 2. The molecule has 34 heavy (non-hydrogen) atoms. The Morgan fingerprint density at radius 3 is 2.35 bits per heavy atom. The van der Waals surface area contributed by atoms with Crippen molar-refractivity contribution in [2.75, 3.05) is 16.8 Å². The minimum Gasteiger partial charge on any atom is -0.359 e. The van der Waals surface area contributed by atoms with Gasteiger partial charge in [0.05, 0.1) is 6.57 Å². The maximum absolute atomic E-state index is 13.6. The van der Waals surface area contributed by atoms with E-state index >= 15 is 0 Å². The molecule has 2 aromatic rings. The minimum atomic E-state index is -0.633. The standard InChI is InChI=1S/C27H30N4O2S/c1-18-17-21(11-12-22(18)28-4)30-24(33)27(14-6-15-27)31(25(30)34)20-9-7-19(8-10-20)13-16-26(2,3)23(32)29-5/h7-12,17H,6,13-16H2,1-3,5H3,(H,29,32). The van der Waals surface area contributed by atoms with Crippen LogP contribution >= 0.6 is 12.2 Å². The number of hydrogen-bond donors (Lipinski definition) is 1. The van der Waals surface area contributed by atoms with Crippen LogP contribution in [0.25, 0.3) is 4.85 Å². The molecule has 1 saturated carbocycles. The van der Waals surface area contributed by atoms with E-state index in [0.717, 1.165) is 48.9 Å². The Balaban J connectivity index is 1.59. The van der Waals surface area contributed by atoms with Gasteiger partial charge in [0.1, 0.15) is 5.54 Å². The summed E-state index contributed by atoms with van der Waals surface area (Å²) in [6.45, 7) is 13.1. The number of carbonyl (C=O) groups is 2. The molecule has 1 heterocycles. The van der Waals surface area contributed by atoms with Crippen molar-refractivity contribution in [1.82, 2.24) is 5.32 Å². The molecule has 1 spiro atoms. The highest BCUT2D eigenvalue weighted by Crippen LogP contribution is 2.48. The lowest BCUT2D eigenvalue weighted by atomic mass is 9.75. The van der Waals surface area contributed by atoms with Gasteiger partial charge in [0.25, 0.3) is 5.91 Å². The van der Waals surface area contributed by atoms with Crippen LogP contribution in [-0.4, -0.2) is 29.5 Å². The lowest BCUT2D eigenvalue weighted by Gasteiger charge is -2.43. The molecule has 0 bridgehead atoms. The smallest absolute Gasteiger partial charge is 0.259 e. The number of hydrogen-bond acceptors (Lipinski definition) is 3. The van der Waals surface area contributed by atoms with Crippen LogP contribution in [0, 0.1) is 18.9 Å². The minimum absolute atomic E-state index is 0.00937. The summed E-state index contributed by atoms with van der Waals surface area (Å²) < 4.78 is 0. The van der Waals surface area contributed by atoms with E-state index in [9.17, 15) is 9.59 Å². The highest BCUT2D eigenvalue weighted by atomic mass is 32.1. The SMILES string of the molecule is [C-]#[N+]c1ccc(N2C(=O)C3(CCC3)N(c3ccc(CCC(C)(C)C(=O)NC)cc3)C2=S)cc1C. The normalized spacial score (nSPS) is 17.0. The van der Waals surface area contributed by atoms with E-state index in [-0.39, 0.29) is 11.8 Å². The zero-order chi connectivity index (χ0) is 24.7. The highest BCUT2D eigenvalue weighted by Gasteiger charge is 2.59. The second-order valence-electron chi connectivity index (χ2n) is 9.86. The molecule has 1 saturated heterocycles. The number of thiocarbonyl (C=S) groups is 1. The molecule has 2 aromatic carbocycles. The first-order chi connectivity index (χ1) is 16.1. The average Bonchev–Trinajstić information content (AvgIpc) is 3.04. The van der Waals surface area contributed by atoms with Gasteiger partial charge in [0, 0.05) is 23.8 Å².